The second-order valence-corrected chi connectivity index (χ2v) is 8.60. The van der Waals surface area contributed by atoms with E-state index >= 15 is 0 Å². The Morgan fingerprint density at radius 1 is 0.946 bits per heavy atom. The van der Waals surface area contributed by atoms with Crippen molar-refractivity contribution in [1.82, 2.24) is 24.4 Å². The van der Waals surface area contributed by atoms with Gasteiger partial charge in [-0.25, -0.2) is 15.0 Å². The number of benzene rings is 2. The first-order valence-electron chi connectivity index (χ1n) is 12.3. The van der Waals surface area contributed by atoms with E-state index in [9.17, 15) is 0 Å². The highest BCUT2D eigenvalue weighted by Gasteiger charge is 2.19. The predicted molar refractivity (Wildman–Crippen MR) is 143 cm³/mol. The average molecular weight is 499 g/mol. The molecule has 0 aliphatic carbocycles. The Morgan fingerprint density at radius 2 is 1.73 bits per heavy atom. The summed E-state index contributed by atoms with van der Waals surface area (Å²) in [6.07, 6.45) is 0. The van der Waals surface area contributed by atoms with Gasteiger partial charge in [-0.1, -0.05) is 24.1 Å². The lowest BCUT2D eigenvalue weighted by Crippen LogP contribution is -2.39. The van der Waals surface area contributed by atoms with E-state index in [0.29, 0.717) is 40.1 Å². The normalized spacial score (nSPS) is 13.7. The number of imidazole rings is 1. The molecule has 1 aliphatic heterocycles. The largest absolute Gasteiger partial charge is 0.493 e. The second-order valence-electron chi connectivity index (χ2n) is 8.60. The molecular formula is C28H30N6O3. The number of ether oxygens (including phenoxy) is 3. The summed E-state index contributed by atoms with van der Waals surface area (Å²) in [4.78, 5) is 16.7. The van der Waals surface area contributed by atoms with Crippen LogP contribution in [0.15, 0.2) is 48.5 Å². The van der Waals surface area contributed by atoms with Gasteiger partial charge in [-0.3, -0.25) is 9.47 Å². The van der Waals surface area contributed by atoms with Crippen LogP contribution in [0.4, 0.5) is 5.82 Å². The first kappa shape index (κ1) is 24.6. The molecule has 5 rings (SSSR count). The predicted octanol–water partition coefficient (Wildman–Crippen LogP) is 3.29. The van der Waals surface area contributed by atoms with Crippen molar-refractivity contribution >= 4 is 17.0 Å². The lowest BCUT2D eigenvalue weighted by Gasteiger charge is -2.26. The van der Waals surface area contributed by atoms with Crippen molar-refractivity contribution in [3.8, 4) is 29.0 Å². The van der Waals surface area contributed by atoms with E-state index < -0.39 is 0 Å². The smallest absolute Gasteiger partial charge is 0.192 e. The molecule has 2 aromatic carbocycles. The van der Waals surface area contributed by atoms with Gasteiger partial charge in [0.15, 0.2) is 34.3 Å². The Balaban J connectivity index is 1.58. The molecule has 1 saturated heterocycles. The second kappa shape index (κ2) is 11.3. The van der Waals surface area contributed by atoms with Gasteiger partial charge in [-0.05, 0) is 37.1 Å². The van der Waals surface area contributed by atoms with Gasteiger partial charge in [0.05, 0.1) is 33.1 Å². The number of nitrogens with one attached hydrogen (secondary N) is 1. The summed E-state index contributed by atoms with van der Waals surface area (Å²) < 4.78 is 18.4. The first-order chi connectivity index (χ1) is 18.2. The third-order valence-electron chi connectivity index (χ3n) is 6.16. The third-order valence-corrected chi connectivity index (χ3v) is 6.16. The van der Waals surface area contributed by atoms with E-state index in [4.69, 9.17) is 24.2 Å². The fourth-order valence-corrected chi connectivity index (χ4v) is 4.29. The fourth-order valence-electron chi connectivity index (χ4n) is 4.29. The summed E-state index contributed by atoms with van der Waals surface area (Å²) in [6.45, 7) is 6.94. The van der Waals surface area contributed by atoms with Gasteiger partial charge < -0.3 is 19.5 Å². The number of fused-ring (bicyclic) bond motifs is 1. The number of nitrogens with zero attached hydrogens (tertiary/aromatic N) is 5. The van der Waals surface area contributed by atoms with Gasteiger partial charge in [0.1, 0.15) is 5.82 Å². The maximum absolute atomic E-state index is 5.56. The quantitative estimate of drug-likeness (QED) is 0.389. The van der Waals surface area contributed by atoms with E-state index in [2.05, 4.69) is 27.0 Å². The van der Waals surface area contributed by atoms with Crippen LogP contribution in [0.2, 0.25) is 0 Å². The number of anilines is 1. The van der Waals surface area contributed by atoms with Crippen LogP contribution in [0.1, 0.15) is 17.2 Å². The van der Waals surface area contributed by atoms with Crippen LogP contribution in [0, 0.1) is 18.8 Å². The Kier molecular flexibility index (Phi) is 7.49. The van der Waals surface area contributed by atoms with Gasteiger partial charge in [-0.15, -0.1) is 0 Å². The van der Waals surface area contributed by atoms with Crippen molar-refractivity contribution in [1.29, 1.82) is 0 Å². The summed E-state index contributed by atoms with van der Waals surface area (Å²) >= 11 is 0. The van der Waals surface area contributed by atoms with E-state index in [0.717, 1.165) is 50.6 Å². The van der Waals surface area contributed by atoms with Crippen molar-refractivity contribution in [2.24, 2.45) is 0 Å². The molecule has 3 heterocycles. The molecule has 1 N–H and O–H groups in total. The molecule has 190 valence electrons. The zero-order valence-corrected chi connectivity index (χ0v) is 21.3. The van der Waals surface area contributed by atoms with Gasteiger partial charge in [0.25, 0.3) is 0 Å². The molecule has 1 aliphatic rings. The van der Waals surface area contributed by atoms with Crippen LogP contribution in [0.5, 0.6) is 11.5 Å². The van der Waals surface area contributed by atoms with Crippen LogP contribution >= 0.6 is 0 Å². The summed E-state index contributed by atoms with van der Waals surface area (Å²) in [5.74, 6) is 9.62. The third kappa shape index (κ3) is 5.50. The van der Waals surface area contributed by atoms with E-state index in [1.54, 1.807) is 14.2 Å². The number of methoxy groups -OCH3 is 2. The van der Waals surface area contributed by atoms with Crippen molar-refractivity contribution in [3.05, 3.63) is 65.7 Å². The molecule has 9 nitrogen and oxygen atoms in total. The van der Waals surface area contributed by atoms with E-state index in [1.165, 1.54) is 0 Å². The van der Waals surface area contributed by atoms with Crippen molar-refractivity contribution in [2.45, 2.75) is 6.92 Å². The highest BCUT2D eigenvalue weighted by molar-refractivity contribution is 5.86. The minimum atomic E-state index is 0.558. The Hall–Kier alpha value is -4.13. The zero-order valence-electron chi connectivity index (χ0n) is 21.3. The van der Waals surface area contributed by atoms with Crippen molar-refractivity contribution in [2.75, 3.05) is 58.9 Å². The van der Waals surface area contributed by atoms with Gasteiger partial charge in [-0.2, -0.15) is 0 Å². The highest BCUT2D eigenvalue weighted by Crippen LogP contribution is 2.32. The van der Waals surface area contributed by atoms with Crippen LogP contribution in [0.25, 0.3) is 16.9 Å². The maximum atomic E-state index is 5.56. The van der Waals surface area contributed by atoms with Crippen molar-refractivity contribution < 1.29 is 14.2 Å². The van der Waals surface area contributed by atoms with Gasteiger partial charge in [0, 0.05) is 37.8 Å². The van der Waals surface area contributed by atoms with E-state index in [1.807, 2.05) is 60.0 Å². The zero-order chi connectivity index (χ0) is 25.6. The van der Waals surface area contributed by atoms with Gasteiger partial charge >= 0.3 is 0 Å². The molecule has 2 aromatic heterocycles. The molecule has 4 aromatic rings. The Labute approximate surface area is 216 Å². The van der Waals surface area contributed by atoms with Crippen LogP contribution < -0.4 is 14.8 Å². The number of hydrogen-bond donors (Lipinski definition) is 1. The molecule has 0 radical (unpaired) electrons. The number of hydrogen-bond acceptors (Lipinski definition) is 8. The van der Waals surface area contributed by atoms with Crippen LogP contribution in [-0.2, 0) is 4.74 Å². The Morgan fingerprint density at radius 3 is 2.49 bits per heavy atom. The first-order valence-corrected chi connectivity index (χ1v) is 12.3. The SMILES string of the molecule is COc1ccc(-n2c(C#Cc3ccccc3)nc3c(NCCN4CCOCC4)nc(C)nc32)cc1OC. The lowest BCUT2D eigenvalue weighted by atomic mass is 10.2. The average Bonchev–Trinajstić information content (AvgIpc) is 3.30. The summed E-state index contributed by atoms with van der Waals surface area (Å²) in [6, 6.07) is 15.5. The number of morpholine rings is 1. The van der Waals surface area contributed by atoms with Gasteiger partial charge in [0.2, 0.25) is 0 Å². The molecule has 1 fully saturated rings. The minimum absolute atomic E-state index is 0.558. The molecule has 0 spiro atoms. The number of aryl methyl sites for hydroxylation is 1. The van der Waals surface area contributed by atoms with Crippen LogP contribution in [0.3, 0.4) is 0 Å². The monoisotopic (exact) mass is 498 g/mol. The van der Waals surface area contributed by atoms with Crippen molar-refractivity contribution in [3.63, 3.8) is 0 Å². The number of rotatable bonds is 7. The summed E-state index contributed by atoms with van der Waals surface area (Å²) in [7, 11) is 3.24. The minimum Gasteiger partial charge on any atom is -0.493 e. The Bertz CT molecular complexity index is 1440. The fraction of sp³-hybridized carbons (Fsp3) is 0.321. The topological polar surface area (TPSA) is 86.6 Å². The molecule has 0 unspecified atom stereocenters. The molecule has 9 heteroatoms. The summed E-state index contributed by atoms with van der Waals surface area (Å²) in [5, 5.41) is 3.48. The molecule has 0 atom stereocenters. The molecule has 0 amide bonds. The molecule has 37 heavy (non-hydrogen) atoms. The standard InChI is InChI=1S/C28H30N6O3/c1-20-30-27(29-13-14-33-15-17-37-18-16-33)26-28(31-20)34(22-10-11-23(35-2)24(19-22)36-3)25(32-26)12-9-21-7-5-4-6-8-21/h4-8,10-11,19H,13-18H2,1-3H3,(H,29,30,31). The number of aromatic nitrogens is 4. The molecule has 0 saturated carbocycles. The summed E-state index contributed by atoms with van der Waals surface area (Å²) in [5.41, 5.74) is 3.06. The lowest BCUT2D eigenvalue weighted by molar-refractivity contribution is 0.0398. The maximum Gasteiger partial charge on any atom is 0.192 e. The molecular weight excluding hydrogens is 468 g/mol. The van der Waals surface area contributed by atoms with E-state index in [-0.39, 0.29) is 0 Å². The van der Waals surface area contributed by atoms with Crippen LogP contribution in [-0.4, -0.2) is 78.0 Å². The molecule has 0 bridgehead atoms. The highest BCUT2D eigenvalue weighted by atomic mass is 16.5.